The van der Waals surface area contributed by atoms with E-state index in [1.807, 2.05) is 13.8 Å². The van der Waals surface area contributed by atoms with Crippen LogP contribution in [0.2, 0.25) is 0 Å². The van der Waals surface area contributed by atoms with Crippen LogP contribution in [0.3, 0.4) is 0 Å². The monoisotopic (exact) mass is 314 g/mol. The molecule has 0 aromatic carbocycles. The van der Waals surface area contributed by atoms with Gasteiger partial charge in [0.15, 0.2) is 5.78 Å². The van der Waals surface area contributed by atoms with E-state index in [4.69, 9.17) is 11.5 Å². The third kappa shape index (κ3) is 9.46. The Morgan fingerprint density at radius 1 is 0.955 bits per heavy atom. The molecule has 22 heavy (non-hydrogen) atoms. The van der Waals surface area contributed by atoms with Crippen molar-refractivity contribution in [2.24, 2.45) is 17.4 Å². The highest BCUT2D eigenvalue weighted by Gasteiger charge is 2.22. The van der Waals surface area contributed by atoms with Gasteiger partial charge < -0.3 is 22.1 Å². The fourth-order valence-corrected chi connectivity index (χ4v) is 2.01. The molecule has 0 saturated heterocycles. The topological polar surface area (TPSA) is 127 Å². The van der Waals surface area contributed by atoms with Gasteiger partial charge in [-0.15, -0.1) is 0 Å². The molecule has 0 rings (SSSR count). The first-order valence-electron chi connectivity index (χ1n) is 7.92. The van der Waals surface area contributed by atoms with Crippen molar-refractivity contribution in [2.75, 3.05) is 19.6 Å². The number of nitrogens with one attached hydrogen (secondary N) is 2. The van der Waals surface area contributed by atoms with Crippen molar-refractivity contribution in [3.63, 3.8) is 0 Å². The Bertz CT molecular complexity index is 359. The maximum Gasteiger partial charge on any atom is 0.221 e. The molecule has 0 aromatic rings. The quantitative estimate of drug-likeness (QED) is 0.367. The van der Waals surface area contributed by atoms with Gasteiger partial charge in [-0.2, -0.15) is 0 Å². The molecule has 0 fully saturated rings. The average molecular weight is 314 g/mol. The van der Waals surface area contributed by atoms with Crippen LogP contribution < -0.4 is 22.1 Å². The highest BCUT2D eigenvalue weighted by atomic mass is 16.2. The lowest BCUT2D eigenvalue weighted by Gasteiger charge is -2.19. The molecule has 2 amide bonds. The molecule has 0 aliphatic rings. The Kier molecular flexibility index (Phi) is 11.3. The number of hydrogen-bond donors (Lipinski definition) is 4. The summed E-state index contributed by atoms with van der Waals surface area (Å²) in [6, 6.07) is -0.473. The number of amides is 2. The molecular weight excluding hydrogens is 284 g/mol. The normalized spacial score (nSPS) is 12.0. The molecule has 7 nitrogen and oxygen atoms in total. The van der Waals surface area contributed by atoms with E-state index in [1.54, 1.807) is 0 Å². The molecule has 6 N–H and O–H groups in total. The predicted molar refractivity (Wildman–Crippen MR) is 86.0 cm³/mol. The van der Waals surface area contributed by atoms with Crippen molar-refractivity contribution in [3.8, 4) is 0 Å². The lowest BCUT2D eigenvalue weighted by Crippen LogP contribution is -2.43. The first-order chi connectivity index (χ1) is 10.4. The molecule has 0 heterocycles. The summed E-state index contributed by atoms with van der Waals surface area (Å²) < 4.78 is 0. The number of Topliss-reactive ketones (excluding diaryl/α,β-unsaturated/α-hetero) is 1. The predicted octanol–water partition coefficient (Wildman–Crippen LogP) is -0.320. The minimum absolute atomic E-state index is 0.0255. The van der Waals surface area contributed by atoms with E-state index >= 15 is 0 Å². The van der Waals surface area contributed by atoms with Gasteiger partial charge in [0.25, 0.3) is 0 Å². The van der Waals surface area contributed by atoms with Crippen molar-refractivity contribution in [3.05, 3.63) is 0 Å². The molecular formula is C15H30N4O3. The first-order valence-corrected chi connectivity index (χ1v) is 7.92. The summed E-state index contributed by atoms with van der Waals surface area (Å²) in [5, 5.41) is 5.51. The molecule has 0 aliphatic carbocycles. The Morgan fingerprint density at radius 3 is 2.09 bits per heavy atom. The molecule has 7 heteroatoms. The second-order valence-electron chi connectivity index (χ2n) is 5.60. The highest BCUT2D eigenvalue weighted by molar-refractivity contribution is 5.90. The molecule has 0 radical (unpaired) electrons. The van der Waals surface area contributed by atoms with Crippen LogP contribution in [0.15, 0.2) is 0 Å². The third-order valence-electron chi connectivity index (χ3n) is 3.23. The summed E-state index contributed by atoms with van der Waals surface area (Å²) >= 11 is 0. The number of ketones is 1. The largest absolute Gasteiger partial charge is 0.356 e. The second-order valence-corrected chi connectivity index (χ2v) is 5.60. The summed E-state index contributed by atoms with van der Waals surface area (Å²) in [5.74, 6) is -0.365. The Hall–Kier alpha value is -1.47. The number of nitrogens with two attached hydrogens (primary N) is 2. The van der Waals surface area contributed by atoms with Gasteiger partial charge in [0.05, 0.1) is 6.04 Å². The fraction of sp³-hybridized carbons (Fsp3) is 0.800. The standard InChI is InChI=1S/C15H30N4O3/c1-11(2)15(22)12(19-14(21)7-9-17)5-3-4-10-18-13(20)6-8-16/h11-12H,3-10,16-17H2,1-2H3,(H,18,20)(H,19,21). The summed E-state index contributed by atoms with van der Waals surface area (Å²) in [7, 11) is 0. The zero-order valence-corrected chi connectivity index (χ0v) is 13.7. The summed E-state index contributed by atoms with van der Waals surface area (Å²) in [4.78, 5) is 35.0. The molecule has 0 spiro atoms. The van der Waals surface area contributed by atoms with Crippen LogP contribution in [0.5, 0.6) is 0 Å². The smallest absolute Gasteiger partial charge is 0.221 e. The van der Waals surface area contributed by atoms with Gasteiger partial charge in [-0.3, -0.25) is 14.4 Å². The molecule has 0 aromatic heterocycles. The zero-order valence-electron chi connectivity index (χ0n) is 13.7. The van der Waals surface area contributed by atoms with Gasteiger partial charge in [0.2, 0.25) is 11.8 Å². The molecule has 128 valence electrons. The van der Waals surface area contributed by atoms with Crippen molar-refractivity contribution in [2.45, 2.75) is 52.0 Å². The van der Waals surface area contributed by atoms with Gasteiger partial charge in [0.1, 0.15) is 0 Å². The molecule has 0 bridgehead atoms. The van der Waals surface area contributed by atoms with E-state index in [-0.39, 0.29) is 36.5 Å². The third-order valence-corrected chi connectivity index (χ3v) is 3.23. The van der Waals surface area contributed by atoms with Crippen molar-refractivity contribution < 1.29 is 14.4 Å². The number of carbonyl (C=O) groups excluding carboxylic acids is 3. The van der Waals surface area contributed by atoms with E-state index in [2.05, 4.69) is 10.6 Å². The minimum Gasteiger partial charge on any atom is -0.356 e. The van der Waals surface area contributed by atoms with Crippen molar-refractivity contribution in [1.29, 1.82) is 0 Å². The Labute approximate surface area is 132 Å². The maximum absolute atomic E-state index is 12.1. The van der Waals surface area contributed by atoms with Gasteiger partial charge in [-0.1, -0.05) is 13.8 Å². The summed E-state index contributed by atoms with van der Waals surface area (Å²) in [6.45, 7) is 4.79. The Morgan fingerprint density at radius 2 is 1.55 bits per heavy atom. The minimum atomic E-state index is -0.473. The van der Waals surface area contributed by atoms with Crippen molar-refractivity contribution in [1.82, 2.24) is 10.6 Å². The van der Waals surface area contributed by atoms with Crippen LogP contribution in [0, 0.1) is 5.92 Å². The first kappa shape index (κ1) is 20.5. The van der Waals surface area contributed by atoms with Crippen LogP contribution in [0.4, 0.5) is 0 Å². The number of rotatable bonds is 12. The Balaban J connectivity index is 4.16. The molecule has 0 aliphatic heterocycles. The SMILES string of the molecule is CC(C)C(=O)C(CCCCNC(=O)CCN)NC(=O)CCN. The summed E-state index contributed by atoms with van der Waals surface area (Å²) in [5.41, 5.74) is 10.6. The lowest BCUT2D eigenvalue weighted by molar-refractivity contribution is -0.129. The van der Waals surface area contributed by atoms with Crippen LogP contribution in [0.1, 0.15) is 46.0 Å². The number of carbonyl (C=O) groups is 3. The average Bonchev–Trinajstić information content (AvgIpc) is 2.45. The lowest BCUT2D eigenvalue weighted by atomic mass is 9.97. The maximum atomic E-state index is 12.1. The van der Waals surface area contributed by atoms with Crippen LogP contribution in [-0.2, 0) is 14.4 Å². The summed E-state index contributed by atoms with van der Waals surface area (Å²) in [6.07, 6.45) is 2.61. The van der Waals surface area contributed by atoms with E-state index in [0.717, 1.165) is 12.8 Å². The van der Waals surface area contributed by atoms with E-state index in [9.17, 15) is 14.4 Å². The molecule has 1 atom stereocenters. The van der Waals surface area contributed by atoms with Crippen LogP contribution in [-0.4, -0.2) is 43.3 Å². The number of unbranched alkanes of at least 4 members (excludes halogenated alkanes) is 1. The highest BCUT2D eigenvalue weighted by Crippen LogP contribution is 2.08. The van der Waals surface area contributed by atoms with E-state index < -0.39 is 6.04 Å². The molecule has 1 unspecified atom stereocenters. The van der Waals surface area contributed by atoms with Crippen LogP contribution >= 0.6 is 0 Å². The van der Waals surface area contributed by atoms with Gasteiger partial charge in [-0.05, 0) is 19.3 Å². The van der Waals surface area contributed by atoms with E-state index in [1.165, 1.54) is 0 Å². The van der Waals surface area contributed by atoms with Crippen molar-refractivity contribution >= 4 is 17.6 Å². The van der Waals surface area contributed by atoms with Gasteiger partial charge >= 0.3 is 0 Å². The number of hydrogen-bond acceptors (Lipinski definition) is 5. The zero-order chi connectivity index (χ0) is 17.0. The van der Waals surface area contributed by atoms with Crippen LogP contribution in [0.25, 0.3) is 0 Å². The van der Waals surface area contributed by atoms with Gasteiger partial charge in [-0.25, -0.2) is 0 Å². The molecule has 0 saturated carbocycles. The second kappa shape index (κ2) is 12.1. The van der Waals surface area contributed by atoms with Gasteiger partial charge in [0, 0.05) is 38.4 Å². The van der Waals surface area contributed by atoms with E-state index in [0.29, 0.717) is 25.9 Å². The fourth-order valence-electron chi connectivity index (χ4n) is 2.01.